The van der Waals surface area contributed by atoms with Gasteiger partial charge in [-0.1, -0.05) is 23.5 Å². The van der Waals surface area contributed by atoms with Crippen LogP contribution in [0.2, 0.25) is 0 Å². The number of amides is 1. The summed E-state index contributed by atoms with van der Waals surface area (Å²) in [5.74, 6) is 0.181. The lowest BCUT2D eigenvalue weighted by molar-refractivity contribution is -0.126. The van der Waals surface area contributed by atoms with E-state index in [1.807, 2.05) is 13.0 Å². The Hall–Kier alpha value is -1.66. The number of piperazine rings is 1. The predicted molar refractivity (Wildman–Crippen MR) is 94.0 cm³/mol. The molecule has 2 aromatic rings. The molecular weight excluding hydrogens is 308 g/mol. The third-order valence-electron chi connectivity index (χ3n) is 4.72. The summed E-state index contributed by atoms with van der Waals surface area (Å²) in [5.41, 5.74) is 1.08. The number of carbonyl (C=O) groups is 1. The van der Waals surface area contributed by atoms with Crippen LogP contribution < -0.4 is 10.2 Å². The molecule has 5 nitrogen and oxygen atoms in total. The number of rotatable bonds is 4. The number of nitrogens with one attached hydrogen (secondary N) is 1. The lowest BCUT2D eigenvalue weighted by Gasteiger charge is -2.37. The van der Waals surface area contributed by atoms with E-state index < -0.39 is 0 Å². The van der Waals surface area contributed by atoms with Gasteiger partial charge < -0.3 is 10.2 Å². The van der Waals surface area contributed by atoms with Gasteiger partial charge in [-0.15, -0.1) is 0 Å². The average molecular weight is 330 g/mol. The average Bonchev–Trinajstić information content (AvgIpc) is 3.29. The Morgan fingerprint density at radius 2 is 2.00 bits per heavy atom. The molecule has 23 heavy (non-hydrogen) atoms. The number of thiazole rings is 1. The maximum absolute atomic E-state index is 12.2. The highest BCUT2D eigenvalue weighted by atomic mass is 32.1. The third-order valence-corrected chi connectivity index (χ3v) is 5.82. The lowest BCUT2D eigenvalue weighted by atomic mass is 10.2. The summed E-state index contributed by atoms with van der Waals surface area (Å²) in [7, 11) is 0. The summed E-state index contributed by atoms with van der Waals surface area (Å²) in [6, 6.07) is 8.68. The highest BCUT2D eigenvalue weighted by Crippen LogP contribution is 2.29. The Morgan fingerprint density at radius 1 is 1.26 bits per heavy atom. The van der Waals surface area contributed by atoms with Gasteiger partial charge in [0.1, 0.15) is 0 Å². The molecule has 2 fully saturated rings. The van der Waals surface area contributed by atoms with Crippen LogP contribution in [0.15, 0.2) is 24.3 Å². The van der Waals surface area contributed by atoms with E-state index in [2.05, 4.69) is 33.3 Å². The molecular formula is C17H22N4OS. The van der Waals surface area contributed by atoms with Crippen LogP contribution in [-0.2, 0) is 4.79 Å². The Balaban J connectivity index is 1.37. The normalized spacial score (nSPS) is 20.7. The first-order chi connectivity index (χ1) is 11.2. The van der Waals surface area contributed by atoms with Gasteiger partial charge in [0.15, 0.2) is 5.13 Å². The second kappa shape index (κ2) is 6.09. The van der Waals surface area contributed by atoms with E-state index >= 15 is 0 Å². The van der Waals surface area contributed by atoms with E-state index in [1.54, 1.807) is 11.3 Å². The molecule has 0 spiro atoms. The number of para-hydroxylation sites is 1. The largest absolute Gasteiger partial charge is 0.352 e. The Kier molecular flexibility index (Phi) is 3.95. The summed E-state index contributed by atoms with van der Waals surface area (Å²) >= 11 is 1.75. The zero-order valence-electron chi connectivity index (χ0n) is 13.4. The van der Waals surface area contributed by atoms with E-state index in [0.717, 1.165) is 49.7 Å². The van der Waals surface area contributed by atoms with Crippen LogP contribution in [0.4, 0.5) is 5.13 Å². The smallest absolute Gasteiger partial charge is 0.237 e. The van der Waals surface area contributed by atoms with Crippen molar-refractivity contribution in [3.8, 4) is 0 Å². The van der Waals surface area contributed by atoms with Crippen molar-refractivity contribution in [1.29, 1.82) is 0 Å². The number of fused-ring (bicyclic) bond motifs is 1. The number of hydrogen-bond acceptors (Lipinski definition) is 5. The molecule has 1 N–H and O–H groups in total. The van der Waals surface area contributed by atoms with Crippen LogP contribution in [0.3, 0.4) is 0 Å². The molecule has 1 unspecified atom stereocenters. The van der Waals surface area contributed by atoms with Crippen LogP contribution in [0, 0.1) is 0 Å². The van der Waals surface area contributed by atoms with Crippen LogP contribution in [0.25, 0.3) is 10.2 Å². The fourth-order valence-corrected chi connectivity index (χ4v) is 4.03. The number of nitrogens with zero attached hydrogens (tertiary/aromatic N) is 3. The topological polar surface area (TPSA) is 48.5 Å². The zero-order chi connectivity index (χ0) is 15.8. The first kappa shape index (κ1) is 14.9. The van der Waals surface area contributed by atoms with Gasteiger partial charge in [-0.2, -0.15) is 0 Å². The van der Waals surface area contributed by atoms with Gasteiger partial charge in [-0.05, 0) is 31.9 Å². The van der Waals surface area contributed by atoms with Crippen molar-refractivity contribution in [2.45, 2.75) is 31.8 Å². The van der Waals surface area contributed by atoms with Crippen molar-refractivity contribution < 1.29 is 4.79 Å². The van der Waals surface area contributed by atoms with E-state index in [-0.39, 0.29) is 11.9 Å². The van der Waals surface area contributed by atoms with Gasteiger partial charge in [0.2, 0.25) is 5.91 Å². The Morgan fingerprint density at radius 3 is 2.70 bits per heavy atom. The van der Waals surface area contributed by atoms with Crippen LogP contribution in [0.5, 0.6) is 0 Å². The highest BCUT2D eigenvalue weighted by Gasteiger charge is 2.30. The first-order valence-corrected chi connectivity index (χ1v) is 9.17. The third kappa shape index (κ3) is 3.19. The number of aromatic nitrogens is 1. The minimum atomic E-state index is -0.0342. The molecule has 1 aliphatic carbocycles. The molecule has 1 aromatic heterocycles. The molecule has 1 saturated heterocycles. The van der Waals surface area contributed by atoms with E-state index in [4.69, 9.17) is 4.98 Å². The molecule has 2 heterocycles. The summed E-state index contributed by atoms with van der Waals surface area (Å²) < 4.78 is 1.24. The van der Waals surface area contributed by atoms with Crippen molar-refractivity contribution in [2.75, 3.05) is 31.1 Å². The maximum atomic E-state index is 12.2. The monoisotopic (exact) mass is 330 g/mol. The van der Waals surface area contributed by atoms with Gasteiger partial charge >= 0.3 is 0 Å². The second-order valence-electron chi connectivity index (χ2n) is 6.45. The van der Waals surface area contributed by atoms with E-state index in [9.17, 15) is 4.79 Å². The van der Waals surface area contributed by atoms with Crippen LogP contribution >= 0.6 is 11.3 Å². The minimum Gasteiger partial charge on any atom is -0.352 e. The number of carbonyl (C=O) groups excluding carboxylic acids is 1. The van der Waals surface area contributed by atoms with Gasteiger partial charge in [0.25, 0.3) is 0 Å². The zero-order valence-corrected chi connectivity index (χ0v) is 14.2. The number of anilines is 1. The van der Waals surface area contributed by atoms with Gasteiger partial charge in [-0.25, -0.2) is 4.98 Å². The van der Waals surface area contributed by atoms with Crippen molar-refractivity contribution in [1.82, 2.24) is 15.2 Å². The summed E-state index contributed by atoms with van der Waals surface area (Å²) in [5, 5.41) is 4.21. The second-order valence-corrected chi connectivity index (χ2v) is 7.46. The molecule has 2 aliphatic rings. The Bertz CT molecular complexity index is 670. The van der Waals surface area contributed by atoms with Crippen molar-refractivity contribution in [3.05, 3.63) is 24.3 Å². The quantitative estimate of drug-likeness (QED) is 0.932. The first-order valence-electron chi connectivity index (χ1n) is 8.35. The minimum absolute atomic E-state index is 0.0342. The number of hydrogen-bond donors (Lipinski definition) is 1. The van der Waals surface area contributed by atoms with Crippen LogP contribution in [0.1, 0.15) is 19.8 Å². The molecule has 4 rings (SSSR count). The summed E-state index contributed by atoms with van der Waals surface area (Å²) in [6.07, 6.45) is 2.29. The van der Waals surface area contributed by atoms with Gasteiger partial charge in [0.05, 0.1) is 16.3 Å². The number of benzene rings is 1. The molecule has 6 heteroatoms. The molecule has 1 amide bonds. The SMILES string of the molecule is CC(C(=O)NC1CC1)N1CCN(c2nc3ccccc3s2)CC1. The molecule has 1 aliphatic heterocycles. The van der Waals surface area contributed by atoms with Gasteiger partial charge in [-0.3, -0.25) is 9.69 Å². The Labute approximate surface area is 140 Å². The standard InChI is InChI=1S/C17H22N4OS/c1-12(16(22)18-13-6-7-13)20-8-10-21(11-9-20)17-19-14-4-2-3-5-15(14)23-17/h2-5,12-13H,6-11H2,1H3,(H,18,22). The van der Waals surface area contributed by atoms with Gasteiger partial charge in [0, 0.05) is 32.2 Å². The van der Waals surface area contributed by atoms with E-state index in [0.29, 0.717) is 6.04 Å². The molecule has 0 radical (unpaired) electrons. The molecule has 1 saturated carbocycles. The molecule has 122 valence electrons. The predicted octanol–water partition coefficient (Wildman–Crippen LogP) is 2.09. The fraction of sp³-hybridized carbons (Fsp3) is 0.529. The molecule has 0 bridgehead atoms. The summed E-state index contributed by atoms with van der Waals surface area (Å²) in [6.45, 7) is 5.71. The lowest BCUT2D eigenvalue weighted by Crippen LogP contribution is -2.54. The van der Waals surface area contributed by atoms with Crippen molar-refractivity contribution >= 4 is 32.6 Å². The maximum Gasteiger partial charge on any atom is 0.237 e. The fourth-order valence-electron chi connectivity index (χ4n) is 3.01. The molecule has 1 atom stereocenters. The molecule has 1 aromatic carbocycles. The van der Waals surface area contributed by atoms with E-state index in [1.165, 1.54) is 4.70 Å². The van der Waals surface area contributed by atoms with Crippen molar-refractivity contribution in [3.63, 3.8) is 0 Å². The highest BCUT2D eigenvalue weighted by molar-refractivity contribution is 7.22. The van der Waals surface area contributed by atoms with Crippen molar-refractivity contribution in [2.24, 2.45) is 0 Å². The summed E-state index contributed by atoms with van der Waals surface area (Å²) in [4.78, 5) is 21.5. The van der Waals surface area contributed by atoms with Crippen LogP contribution in [-0.4, -0.2) is 54.1 Å².